The zero-order valence-corrected chi connectivity index (χ0v) is 17.2. The molecule has 0 bridgehead atoms. The number of rotatable bonds is 7. The number of carboxylic acid groups (broad SMARTS) is 1. The monoisotopic (exact) mass is 416 g/mol. The van der Waals surface area contributed by atoms with E-state index in [1.165, 1.54) is 12.1 Å². The molecule has 1 unspecified atom stereocenters. The highest BCUT2D eigenvalue weighted by Gasteiger charge is 2.21. The number of carbonyl (C=O) groups is 1. The highest BCUT2D eigenvalue weighted by molar-refractivity contribution is 6.16. The van der Waals surface area contributed by atoms with Gasteiger partial charge in [0.05, 0.1) is 11.3 Å². The molecule has 0 aliphatic carbocycles. The van der Waals surface area contributed by atoms with Crippen molar-refractivity contribution in [3.8, 4) is 0 Å². The first-order valence-electron chi connectivity index (χ1n) is 10.2. The SMILES string of the molecule is CC1CCCN1c1cccc(N=C(CC(=N)c2cccc(C(=O)O)c2)c2ncc[nH]2)n1. The standard InChI is InChI=1S/C23H24N6O2/c1-15-5-4-12-29(15)21-9-3-8-20(28-21)27-19(22-25-10-11-26-22)14-18(24)16-6-2-7-17(13-16)23(30)31/h2-3,6-11,13,15,24H,4-5,12,14H2,1H3,(H,25,26)(H,30,31). The first kappa shape index (κ1) is 20.5. The molecule has 1 aromatic carbocycles. The predicted molar refractivity (Wildman–Crippen MR) is 120 cm³/mol. The van der Waals surface area contributed by atoms with Crippen molar-refractivity contribution in [1.29, 1.82) is 5.41 Å². The molecule has 1 aliphatic heterocycles. The van der Waals surface area contributed by atoms with Crippen LogP contribution in [-0.4, -0.2) is 50.0 Å². The van der Waals surface area contributed by atoms with Gasteiger partial charge in [-0.15, -0.1) is 0 Å². The Morgan fingerprint density at radius 2 is 2.10 bits per heavy atom. The lowest BCUT2D eigenvalue weighted by molar-refractivity contribution is 0.0697. The van der Waals surface area contributed by atoms with Gasteiger partial charge in [-0.05, 0) is 49.6 Å². The van der Waals surface area contributed by atoms with Crippen molar-refractivity contribution >= 4 is 29.0 Å². The van der Waals surface area contributed by atoms with E-state index in [-0.39, 0.29) is 17.7 Å². The summed E-state index contributed by atoms with van der Waals surface area (Å²) in [7, 11) is 0. The Kier molecular flexibility index (Phi) is 5.88. The van der Waals surface area contributed by atoms with Crippen molar-refractivity contribution < 1.29 is 9.90 Å². The zero-order chi connectivity index (χ0) is 21.8. The first-order chi connectivity index (χ1) is 15.0. The minimum absolute atomic E-state index is 0.146. The Hall–Kier alpha value is -3.81. The number of nitrogens with zero attached hydrogens (tertiary/aromatic N) is 4. The van der Waals surface area contributed by atoms with Crippen molar-refractivity contribution in [3.63, 3.8) is 0 Å². The highest BCUT2D eigenvalue weighted by Crippen LogP contribution is 2.25. The van der Waals surface area contributed by atoms with E-state index in [0.29, 0.717) is 29.0 Å². The van der Waals surface area contributed by atoms with Crippen molar-refractivity contribution in [2.75, 3.05) is 11.4 Å². The minimum atomic E-state index is -1.02. The smallest absolute Gasteiger partial charge is 0.335 e. The first-order valence-corrected chi connectivity index (χ1v) is 10.2. The van der Waals surface area contributed by atoms with Gasteiger partial charge in [0, 0.05) is 37.1 Å². The van der Waals surface area contributed by atoms with Crippen LogP contribution in [0.3, 0.4) is 0 Å². The van der Waals surface area contributed by atoms with Crippen LogP contribution in [0.15, 0.2) is 59.9 Å². The fourth-order valence-electron chi connectivity index (χ4n) is 3.75. The van der Waals surface area contributed by atoms with Gasteiger partial charge in [-0.1, -0.05) is 18.2 Å². The number of carboxylic acids is 1. The average Bonchev–Trinajstić information content (AvgIpc) is 3.45. The fourth-order valence-corrected chi connectivity index (χ4v) is 3.75. The van der Waals surface area contributed by atoms with Gasteiger partial charge < -0.3 is 20.4 Å². The van der Waals surface area contributed by atoms with E-state index in [1.807, 2.05) is 18.2 Å². The molecule has 3 heterocycles. The number of aromatic amines is 1. The maximum absolute atomic E-state index is 11.3. The molecule has 0 spiro atoms. The number of aromatic carboxylic acids is 1. The van der Waals surface area contributed by atoms with E-state index in [2.05, 4.69) is 21.8 Å². The van der Waals surface area contributed by atoms with Gasteiger partial charge in [-0.25, -0.2) is 19.8 Å². The maximum atomic E-state index is 11.3. The summed E-state index contributed by atoms with van der Waals surface area (Å²) in [5.41, 5.74) is 1.50. The van der Waals surface area contributed by atoms with Crippen LogP contribution < -0.4 is 4.90 Å². The van der Waals surface area contributed by atoms with Crippen molar-refractivity contribution in [2.24, 2.45) is 4.99 Å². The third kappa shape index (κ3) is 4.69. The fraction of sp³-hybridized carbons (Fsp3) is 0.261. The highest BCUT2D eigenvalue weighted by atomic mass is 16.4. The topological polar surface area (TPSA) is 118 Å². The largest absolute Gasteiger partial charge is 0.478 e. The van der Waals surface area contributed by atoms with Crippen molar-refractivity contribution in [2.45, 2.75) is 32.2 Å². The Morgan fingerprint density at radius 3 is 2.81 bits per heavy atom. The summed E-state index contributed by atoms with van der Waals surface area (Å²) in [6.07, 6.45) is 5.83. The van der Waals surface area contributed by atoms with Gasteiger partial charge >= 0.3 is 5.97 Å². The molecule has 158 valence electrons. The van der Waals surface area contributed by atoms with Gasteiger partial charge in [0.15, 0.2) is 11.6 Å². The summed E-state index contributed by atoms with van der Waals surface area (Å²) in [6, 6.07) is 12.6. The number of aromatic nitrogens is 3. The molecule has 0 saturated carbocycles. The van der Waals surface area contributed by atoms with Crippen LogP contribution in [0.4, 0.5) is 11.6 Å². The summed E-state index contributed by atoms with van der Waals surface area (Å²) < 4.78 is 0. The summed E-state index contributed by atoms with van der Waals surface area (Å²) in [5.74, 6) is 0.983. The third-order valence-electron chi connectivity index (χ3n) is 5.39. The molecule has 1 aliphatic rings. The molecule has 1 saturated heterocycles. The van der Waals surface area contributed by atoms with E-state index in [1.54, 1.807) is 24.5 Å². The summed E-state index contributed by atoms with van der Waals surface area (Å²) >= 11 is 0. The number of nitrogens with one attached hydrogen (secondary N) is 2. The van der Waals surface area contributed by atoms with E-state index in [4.69, 9.17) is 15.4 Å². The molecule has 2 aromatic heterocycles. The van der Waals surface area contributed by atoms with Crippen LogP contribution in [0.1, 0.15) is 47.9 Å². The Bertz CT molecular complexity index is 1120. The average molecular weight is 416 g/mol. The number of benzene rings is 1. The van der Waals surface area contributed by atoms with E-state index in [0.717, 1.165) is 25.2 Å². The quantitative estimate of drug-likeness (QED) is 0.502. The number of H-pyrrole nitrogens is 1. The van der Waals surface area contributed by atoms with Gasteiger partial charge in [0.1, 0.15) is 5.82 Å². The number of imidazole rings is 1. The lowest BCUT2D eigenvalue weighted by atomic mass is 10.0. The summed E-state index contributed by atoms with van der Waals surface area (Å²) in [5, 5.41) is 17.8. The molecule has 4 rings (SSSR count). The molecule has 3 N–H and O–H groups in total. The lowest BCUT2D eigenvalue weighted by Gasteiger charge is -2.22. The molecule has 0 amide bonds. The van der Waals surface area contributed by atoms with Crippen LogP contribution >= 0.6 is 0 Å². The van der Waals surface area contributed by atoms with Crippen LogP contribution in [-0.2, 0) is 0 Å². The number of pyridine rings is 1. The number of hydrogen-bond acceptors (Lipinski definition) is 6. The normalized spacial score (nSPS) is 16.5. The van der Waals surface area contributed by atoms with Gasteiger partial charge in [0.25, 0.3) is 0 Å². The number of hydrogen-bond donors (Lipinski definition) is 3. The number of aliphatic imine (C=N–C) groups is 1. The summed E-state index contributed by atoms with van der Waals surface area (Å²) in [6.45, 7) is 3.18. The summed E-state index contributed by atoms with van der Waals surface area (Å²) in [4.78, 5) is 30.3. The van der Waals surface area contributed by atoms with Crippen LogP contribution in [0, 0.1) is 5.41 Å². The lowest BCUT2D eigenvalue weighted by Crippen LogP contribution is -2.26. The second-order valence-corrected chi connectivity index (χ2v) is 7.58. The zero-order valence-electron chi connectivity index (χ0n) is 17.2. The molecule has 0 radical (unpaired) electrons. The Balaban J connectivity index is 1.63. The van der Waals surface area contributed by atoms with E-state index < -0.39 is 5.97 Å². The Labute approximate surface area is 180 Å². The van der Waals surface area contributed by atoms with Crippen LogP contribution in [0.25, 0.3) is 0 Å². The second kappa shape index (κ2) is 8.91. The van der Waals surface area contributed by atoms with Gasteiger partial charge in [-0.3, -0.25) is 0 Å². The van der Waals surface area contributed by atoms with Gasteiger partial charge in [-0.2, -0.15) is 0 Å². The van der Waals surface area contributed by atoms with Crippen molar-refractivity contribution in [3.05, 3.63) is 71.8 Å². The molecule has 31 heavy (non-hydrogen) atoms. The molecular weight excluding hydrogens is 392 g/mol. The predicted octanol–water partition coefficient (Wildman–Crippen LogP) is 4.07. The van der Waals surface area contributed by atoms with Gasteiger partial charge in [0.2, 0.25) is 0 Å². The van der Waals surface area contributed by atoms with Crippen LogP contribution in [0.2, 0.25) is 0 Å². The molecule has 1 fully saturated rings. The maximum Gasteiger partial charge on any atom is 0.335 e. The van der Waals surface area contributed by atoms with E-state index in [9.17, 15) is 9.90 Å². The minimum Gasteiger partial charge on any atom is -0.478 e. The molecular formula is C23H24N6O2. The molecule has 8 nitrogen and oxygen atoms in total. The Morgan fingerprint density at radius 1 is 1.29 bits per heavy atom. The van der Waals surface area contributed by atoms with Crippen molar-refractivity contribution in [1.82, 2.24) is 15.0 Å². The third-order valence-corrected chi connectivity index (χ3v) is 5.39. The second-order valence-electron chi connectivity index (χ2n) is 7.58. The molecule has 8 heteroatoms. The number of anilines is 1. The molecule has 3 aromatic rings. The molecule has 1 atom stereocenters. The van der Waals surface area contributed by atoms with Crippen LogP contribution in [0.5, 0.6) is 0 Å². The van der Waals surface area contributed by atoms with E-state index >= 15 is 0 Å².